The van der Waals surface area contributed by atoms with Gasteiger partial charge in [0.2, 0.25) is 0 Å². The van der Waals surface area contributed by atoms with Crippen LogP contribution in [-0.4, -0.2) is 29.3 Å². The standard InChI is InChI=1S/C29H28N2O4S2/c1-5-34-24-15-21(16-25-28(33)31(29(36)37-25)22-12-7-6-9-18(22)2)13-14-23(24)35-17-26(32)30-27-19(3)10-8-11-20(27)4/h6-16H,5,17H2,1-4H3,(H,30,32)/b25-16-. The maximum absolute atomic E-state index is 13.2. The summed E-state index contributed by atoms with van der Waals surface area (Å²) in [5.74, 6) is 0.517. The number of carbonyl (C=O) groups excluding carboxylic acids is 2. The smallest absolute Gasteiger partial charge is 0.270 e. The molecule has 8 heteroatoms. The zero-order valence-corrected chi connectivity index (χ0v) is 22.8. The van der Waals surface area contributed by atoms with Crippen LogP contribution < -0.4 is 19.7 Å². The van der Waals surface area contributed by atoms with Crippen molar-refractivity contribution in [2.75, 3.05) is 23.4 Å². The first-order valence-corrected chi connectivity index (χ1v) is 13.1. The minimum absolute atomic E-state index is 0.161. The third-order valence-corrected chi connectivity index (χ3v) is 7.12. The van der Waals surface area contributed by atoms with Gasteiger partial charge in [-0.3, -0.25) is 14.5 Å². The van der Waals surface area contributed by atoms with E-state index < -0.39 is 0 Å². The summed E-state index contributed by atoms with van der Waals surface area (Å²) in [5, 5.41) is 2.92. The van der Waals surface area contributed by atoms with E-state index in [1.807, 2.05) is 76.2 Å². The second-order valence-electron chi connectivity index (χ2n) is 8.55. The summed E-state index contributed by atoms with van der Waals surface area (Å²) in [7, 11) is 0. The molecule has 1 heterocycles. The fourth-order valence-electron chi connectivity index (χ4n) is 3.97. The van der Waals surface area contributed by atoms with Gasteiger partial charge < -0.3 is 14.8 Å². The maximum atomic E-state index is 13.2. The normalized spacial score (nSPS) is 14.3. The molecule has 1 fully saturated rings. The second kappa shape index (κ2) is 11.6. The number of nitrogens with one attached hydrogen (secondary N) is 1. The molecule has 4 rings (SSSR count). The summed E-state index contributed by atoms with van der Waals surface area (Å²) in [6.45, 7) is 7.98. The Morgan fingerprint density at radius 1 is 0.973 bits per heavy atom. The van der Waals surface area contributed by atoms with Crippen LogP contribution >= 0.6 is 24.0 Å². The van der Waals surface area contributed by atoms with Crippen LogP contribution in [0.2, 0.25) is 0 Å². The molecule has 1 N–H and O–H groups in total. The number of para-hydroxylation sites is 2. The number of thioether (sulfide) groups is 1. The number of carbonyl (C=O) groups is 2. The molecule has 3 aromatic rings. The Bertz CT molecular complexity index is 1380. The van der Waals surface area contributed by atoms with Gasteiger partial charge in [-0.2, -0.15) is 0 Å². The molecule has 0 spiro atoms. The van der Waals surface area contributed by atoms with Gasteiger partial charge in [0, 0.05) is 5.69 Å². The Morgan fingerprint density at radius 2 is 1.68 bits per heavy atom. The molecule has 0 bridgehead atoms. The van der Waals surface area contributed by atoms with E-state index in [1.54, 1.807) is 23.1 Å². The van der Waals surface area contributed by atoms with E-state index in [-0.39, 0.29) is 18.4 Å². The Balaban J connectivity index is 1.49. The van der Waals surface area contributed by atoms with Gasteiger partial charge in [-0.25, -0.2) is 0 Å². The van der Waals surface area contributed by atoms with Crippen molar-refractivity contribution >= 4 is 57.6 Å². The summed E-state index contributed by atoms with van der Waals surface area (Å²) >= 11 is 6.77. The SMILES string of the molecule is CCOc1cc(/C=C2\SC(=S)N(c3ccccc3C)C2=O)ccc1OCC(=O)Nc1c(C)cccc1C. The van der Waals surface area contributed by atoms with Crippen molar-refractivity contribution in [3.8, 4) is 11.5 Å². The van der Waals surface area contributed by atoms with Crippen LogP contribution in [0.15, 0.2) is 65.6 Å². The van der Waals surface area contributed by atoms with Crippen LogP contribution in [0.3, 0.4) is 0 Å². The predicted octanol–water partition coefficient (Wildman–Crippen LogP) is 6.43. The van der Waals surface area contributed by atoms with Crippen LogP contribution in [0.1, 0.15) is 29.2 Å². The quantitative estimate of drug-likeness (QED) is 0.266. The van der Waals surface area contributed by atoms with Gasteiger partial charge in [0.05, 0.1) is 17.2 Å². The number of nitrogens with zero attached hydrogens (tertiary/aromatic N) is 1. The molecule has 1 aliphatic heterocycles. The number of rotatable bonds is 8. The van der Waals surface area contributed by atoms with Gasteiger partial charge in [-0.1, -0.05) is 66.4 Å². The first-order valence-electron chi connectivity index (χ1n) is 11.9. The van der Waals surface area contributed by atoms with Gasteiger partial charge in [0.15, 0.2) is 22.4 Å². The summed E-state index contributed by atoms with van der Waals surface area (Å²) in [6, 6.07) is 18.9. The number of benzene rings is 3. The van der Waals surface area contributed by atoms with Crippen LogP contribution in [-0.2, 0) is 9.59 Å². The molecular formula is C29H28N2O4S2. The molecule has 190 valence electrons. The van der Waals surface area contributed by atoms with E-state index in [0.29, 0.717) is 27.3 Å². The average molecular weight is 533 g/mol. The fourth-order valence-corrected chi connectivity index (χ4v) is 5.26. The number of thiocarbonyl (C=S) groups is 1. The molecule has 0 aliphatic carbocycles. The Kier molecular flexibility index (Phi) is 8.31. The van der Waals surface area contributed by atoms with Gasteiger partial charge in [0.1, 0.15) is 0 Å². The predicted molar refractivity (Wildman–Crippen MR) is 154 cm³/mol. The highest BCUT2D eigenvalue weighted by Gasteiger charge is 2.34. The molecule has 0 aromatic heterocycles. The van der Waals surface area contributed by atoms with Crippen LogP contribution in [0, 0.1) is 20.8 Å². The Hall–Kier alpha value is -3.62. The lowest BCUT2D eigenvalue weighted by atomic mass is 10.1. The van der Waals surface area contributed by atoms with Crippen molar-refractivity contribution in [2.24, 2.45) is 0 Å². The molecule has 1 saturated heterocycles. The molecule has 2 amide bonds. The van der Waals surface area contributed by atoms with Crippen LogP contribution in [0.4, 0.5) is 11.4 Å². The number of ether oxygens (including phenoxy) is 2. The van der Waals surface area contributed by atoms with E-state index in [2.05, 4.69) is 5.32 Å². The van der Waals surface area contributed by atoms with E-state index in [1.165, 1.54) is 11.8 Å². The summed E-state index contributed by atoms with van der Waals surface area (Å²) in [6.07, 6.45) is 1.79. The lowest BCUT2D eigenvalue weighted by molar-refractivity contribution is -0.118. The molecule has 3 aromatic carbocycles. The molecule has 0 saturated carbocycles. The monoisotopic (exact) mass is 532 g/mol. The largest absolute Gasteiger partial charge is 0.490 e. The lowest BCUT2D eigenvalue weighted by Crippen LogP contribution is -2.28. The molecular weight excluding hydrogens is 504 g/mol. The third kappa shape index (κ3) is 6.03. The number of anilines is 2. The molecule has 0 unspecified atom stereocenters. The molecule has 0 radical (unpaired) electrons. The first-order chi connectivity index (χ1) is 17.8. The van der Waals surface area contributed by atoms with Gasteiger partial charge in [0.25, 0.3) is 11.8 Å². The van der Waals surface area contributed by atoms with Crippen molar-refractivity contribution in [3.05, 3.63) is 87.8 Å². The minimum Gasteiger partial charge on any atom is -0.490 e. The first kappa shape index (κ1) is 26.4. The van der Waals surface area contributed by atoms with E-state index in [9.17, 15) is 9.59 Å². The molecule has 0 atom stereocenters. The Labute approximate surface area is 226 Å². The summed E-state index contributed by atoms with van der Waals surface area (Å²) in [5.41, 5.74) is 5.29. The van der Waals surface area contributed by atoms with Gasteiger partial charge in [-0.05, 0) is 74.2 Å². The maximum Gasteiger partial charge on any atom is 0.270 e. The van der Waals surface area contributed by atoms with E-state index in [0.717, 1.165) is 33.6 Å². The van der Waals surface area contributed by atoms with Crippen molar-refractivity contribution in [3.63, 3.8) is 0 Å². The zero-order chi connectivity index (χ0) is 26.5. The van der Waals surface area contributed by atoms with Crippen LogP contribution in [0.25, 0.3) is 6.08 Å². The number of hydrogen-bond acceptors (Lipinski definition) is 6. The van der Waals surface area contributed by atoms with Crippen molar-refractivity contribution in [2.45, 2.75) is 27.7 Å². The lowest BCUT2D eigenvalue weighted by Gasteiger charge is -2.16. The molecule has 37 heavy (non-hydrogen) atoms. The average Bonchev–Trinajstić information content (AvgIpc) is 3.14. The highest BCUT2D eigenvalue weighted by atomic mass is 32.2. The number of amides is 2. The van der Waals surface area contributed by atoms with Crippen molar-refractivity contribution in [1.82, 2.24) is 0 Å². The van der Waals surface area contributed by atoms with Crippen molar-refractivity contribution in [1.29, 1.82) is 0 Å². The second-order valence-corrected chi connectivity index (χ2v) is 10.2. The summed E-state index contributed by atoms with van der Waals surface area (Å²) in [4.78, 5) is 27.8. The Morgan fingerprint density at radius 3 is 2.38 bits per heavy atom. The highest BCUT2D eigenvalue weighted by molar-refractivity contribution is 8.27. The number of aryl methyl sites for hydroxylation is 3. The minimum atomic E-state index is -0.260. The fraction of sp³-hybridized carbons (Fsp3) is 0.207. The number of hydrogen-bond donors (Lipinski definition) is 1. The molecule has 6 nitrogen and oxygen atoms in total. The van der Waals surface area contributed by atoms with Gasteiger partial charge >= 0.3 is 0 Å². The summed E-state index contributed by atoms with van der Waals surface area (Å²) < 4.78 is 12.1. The van der Waals surface area contributed by atoms with Crippen LogP contribution in [0.5, 0.6) is 11.5 Å². The zero-order valence-electron chi connectivity index (χ0n) is 21.2. The molecule has 1 aliphatic rings. The third-order valence-electron chi connectivity index (χ3n) is 5.82. The van der Waals surface area contributed by atoms with E-state index in [4.69, 9.17) is 21.7 Å². The highest BCUT2D eigenvalue weighted by Crippen LogP contribution is 2.38. The van der Waals surface area contributed by atoms with E-state index >= 15 is 0 Å². The van der Waals surface area contributed by atoms with Gasteiger partial charge in [-0.15, -0.1) is 0 Å². The van der Waals surface area contributed by atoms with Crippen molar-refractivity contribution < 1.29 is 19.1 Å². The topological polar surface area (TPSA) is 67.9 Å².